The molecule has 0 unspecified atom stereocenters. The highest BCUT2D eigenvalue weighted by Gasteiger charge is 2.06. The summed E-state index contributed by atoms with van der Waals surface area (Å²) >= 11 is 3.38. The first-order chi connectivity index (χ1) is 9.19. The van der Waals surface area contributed by atoms with E-state index >= 15 is 0 Å². The molecule has 0 aliphatic carbocycles. The zero-order valence-corrected chi connectivity index (χ0v) is 12.3. The first-order valence-corrected chi connectivity index (χ1v) is 6.82. The van der Waals surface area contributed by atoms with E-state index in [-0.39, 0.29) is 5.91 Å². The Morgan fingerprint density at radius 2 is 2.16 bits per heavy atom. The van der Waals surface area contributed by atoms with Crippen LogP contribution < -0.4 is 10.6 Å². The summed E-state index contributed by atoms with van der Waals surface area (Å²) in [6.45, 7) is 1.06. The fraction of sp³-hybridized carbons (Fsp3) is 0.214. The quantitative estimate of drug-likeness (QED) is 0.889. The van der Waals surface area contributed by atoms with Crippen LogP contribution in [0.2, 0.25) is 0 Å². The summed E-state index contributed by atoms with van der Waals surface area (Å²) < 4.78 is 2.88. The summed E-state index contributed by atoms with van der Waals surface area (Å²) in [4.78, 5) is 12.0. The molecule has 0 spiro atoms. The van der Waals surface area contributed by atoms with Crippen LogP contribution in [0.3, 0.4) is 0 Å². The number of benzene rings is 1. The molecule has 0 aliphatic heterocycles. The van der Waals surface area contributed by atoms with Gasteiger partial charge < -0.3 is 15.2 Å². The fourth-order valence-corrected chi connectivity index (χ4v) is 2.27. The van der Waals surface area contributed by atoms with Crippen LogP contribution in [0.1, 0.15) is 5.69 Å². The number of carbonyl (C=O) groups excluding carboxylic acids is 1. The summed E-state index contributed by atoms with van der Waals surface area (Å²) in [7, 11) is 1.89. The first-order valence-electron chi connectivity index (χ1n) is 6.03. The van der Waals surface area contributed by atoms with Gasteiger partial charge in [-0.15, -0.1) is 0 Å². The minimum Gasteiger partial charge on any atom is -0.341 e. The maximum absolute atomic E-state index is 12.0. The number of carbonyl (C=O) groups is 1. The van der Waals surface area contributed by atoms with Gasteiger partial charge in [-0.3, -0.25) is 4.79 Å². The lowest BCUT2D eigenvalue weighted by Crippen LogP contribution is -2.21. The third-order valence-corrected chi connectivity index (χ3v) is 3.20. The van der Waals surface area contributed by atoms with E-state index in [1.54, 1.807) is 0 Å². The number of aromatic nitrogens is 1. The number of rotatable bonds is 5. The number of halogens is 1. The van der Waals surface area contributed by atoms with Crippen LogP contribution in [0.5, 0.6) is 0 Å². The Hall–Kier alpha value is -1.59. The summed E-state index contributed by atoms with van der Waals surface area (Å²) in [5.41, 5.74) is 1.88. The molecule has 0 fully saturated rings. The van der Waals surface area contributed by atoms with Crippen LogP contribution in [0, 0.1) is 0 Å². The van der Waals surface area contributed by atoms with Gasteiger partial charge >= 0.3 is 0 Å². The highest BCUT2D eigenvalue weighted by atomic mass is 79.9. The number of hydrogen-bond acceptors (Lipinski definition) is 2. The molecule has 19 heavy (non-hydrogen) atoms. The second kappa shape index (κ2) is 6.54. The first kappa shape index (κ1) is 13.8. The van der Waals surface area contributed by atoms with E-state index < -0.39 is 0 Å². The zero-order chi connectivity index (χ0) is 13.7. The molecule has 0 aliphatic rings. The van der Waals surface area contributed by atoms with Crippen molar-refractivity contribution in [2.24, 2.45) is 0 Å². The number of nitrogens with zero attached hydrogens (tertiary/aromatic N) is 1. The van der Waals surface area contributed by atoms with E-state index in [0.717, 1.165) is 22.4 Å². The molecule has 1 amide bonds. The van der Waals surface area contributed by atoms with Crippen molar-refractivity contribution in [1.29, 1.82) is 0 Å². The summed E-state index contributed by atoms with van der Waals surface area (Å²) in [5.74, 6) is -0.0355. The molecule has 2 rings (SSSR count). The molecule has 2 N–H and O–H groups in total. The molecule has 4 nitrogen and oxygen atoms in total. The second-order valence-electron chi connectivity index (χ2n) is 4.22. The van der Waals surface area contributed by atoms with Gasteiger partial charge in [0.1, 0.15) is 6.54 Å². The minimum absolute atomic E-state index is 0.0355. The van der Waals surface area contributed by atoms with E-state index in [0.29, 0.717) is 6.54 Å². The molecule has 5 heteroatoms. The van der Waals surface area contributed by atoms with Crippen molar-refractivity contribution in [3.05, 3.63) is 52.8 Å². The third-order valence-electron chi connectivity index (χ3n) is 2.70. The van der Waals surface area contributed by atoms with Crippen LogP contribution in [0.15, 0.2) is 47.1 Å². The Balaban J connectivity index is 1.99. The van der Waals surface area contributed by atoms with E-state index in [1.165, 1.54) is 0 Å². The Morgan fingerprint density at radius 1 is 1.32 bits per heavy atom. The predicted octanol–water partition coefficient (Wildman–Crippen LogP) is 2.61. The lowest BCUT2D eigenvalue weighted by molar-refractivity contribution is -0.116. The van der Waals surface area contributed by atoms with Gasteiger partial charge in [0, 0.05) is 28.6 Å². The highest BCUT2D eigenvalue weighted by Crippen LogP contribution is 2.15. The van der Waals surface area contributed by atoms with E-state index in [1.807, 2.05) is 54.2 Å². The molecular weight excluding hydrogens is 306 g/mol. The average Bonchev–Trinajstić information content (AvgIpc) is 2.77. The van der Waals surface area contributed by atoms with Crippen molar-refractivity contribution >= 4 is 27.5 Å². The molecule has 0 saturated carbocycles. The molecular formula is C14H16BrN3O. The summed E-state index contributed by atoms with van der Waals surface area (Å²) in [5, 5.41) is 5.96. The van der Waals surface area contributed by atoms with E-state index in [4.69, 9.17) is 0 Å². The molecule has 0 bridgehead atoms. The smallest absolute Gasteiger partial charge is 0.244 e. The maximum atomic E-state index is 12.0. The molecule has 2 aromatic rings. The molecule has 100 valence electrons. The van der Waals surface area contributed by atoms with Crippen LogP contribution in [0.25, 0.3) is 0 Å². The Labute approximate surface area is 120 Å². The van der Waals surface area contributed by atoms with Crippen LogP contribution in [0.4, 0.5) is 5.69 Å². The van der Waals surface area contributed by atoms with Gasteiger partial charge in [0.2, 0.25) is 5.91 Å². The largest absolute Gasteiger partial charge is 0.341 e. The Kier molecular flexibility index (Phi) is 4.76. The Bertz CT molecular complexity index is 565. The lowest BCUT2D eigenvalue weighted by Gasteiger charge is -2.10. The fourth-order valence-electron chi connectivity index (χ4n) is 1.87. The van der Waals surface area contributed by atoms with Crippen molar-refractivity contribution in [3.8, 4) is 0 Å². The maximum Gasteiger partial charge on any atom is 0.244 e. The minimum atomic E-state index is -0.0355. The number of anilines is 1. The van der Waals surface area contributed by atoms with Crippen LogP contribution in [-0.4, -0.2) is 17.5 Å². The summed E-state index contributed by atoms with van der Waals surface area (Å²) in [6, 6.07) is 11.5. The average molecular weight is 322 g/mol. The zero-order valence-electron chi connectivity index (χ0n) is 10.7. The van der Waals surface area contributed by atoms with Crippen LogP contribution >= 0.6 is 15.9 Å². The van der Waals surface area contributed by atoms with Gasteiger partial charge in [-0.25, -0.2) is 0 Å². The summed E-state index contributed by atoms with van der Waals surface area (Å²) in [6.07, 6.45) is 1.91. The van der Waals surface area contributed by atoms with Gasteiger partial charge in [-0.05, 0) is 37.4 Å². The standard InChI is InChI=1S/C14H16BrN3O/c1-16-9-13-6-3-7-18(13)10-14(19)17-12-5-2-4-11(15)8-12/h2-8,16H,9-10H2,1H3,(H,17,19). The highest BCUT2D eigenvalue weighted by molar-refractivity contribution is 9.10. The van der Waals surface area contributed by atoms with Gasteiger partial charge in [-0.2, -0.15) is 0 Å². The topological polar surface area (TPSA) is 46.1 Å². The van der Waals surface area contributed by atoms with Crippen molar-refractivity contribution in [2.75, 3.05) is 12.4 Å². The third kappa shape index (κ3) is 3.94. The van der Waals surface area contributed by atoms with Crippen molar-refractivity contribution in [3.63, 3.8) is 0 Å². The molecule has 1 aromatic carbocycles. The molecule has 0 saturated heterocycles. The van der Waals surface area contributed by atoms with Gasteiger partial charge in [-0.1, -0.05) is 22.0 Å². The lowest BCUT2D eigenvalue weighted by atomic mass is 10.3. The monoisotopic (exact) mass is 321 g/mol. The van der Waals surface area contributed by atoms with E-state index in [2.05, 4.69) is 26.6 Å². The number of nitrogens with one attached hydrogen (secondary N) is 2. The second-order valence-corrected chi connectivity index (χ2v) is 5.13. The number of hydrogen-bond donors (Lipinski definition) is 2. The number of amides is 1. The normalized spacial score (nSPS) is 10.4. The van der Waals surface area contributed by atoms with Gasteiger partial charge in [0.25, 0.3) is 0 Å². The molecule has 0 radical (unpaired) electrons. The predicted molar refractivity (Wildman–Crippen MR) is 80.0 cm³/mol. The molecule has 1 heterocycles. The van der Waals surface area contributed by atoms with Gasteiger partial charge in [0.15, 0.2) is 0 Å². The van der Waals surface area contributed by atoms with Gasteiger partial charge in [0.05, 0.1) is 0 Å². The van der Waals surface area contributed by atoms with Crippen molar-refractivity contribution in [2.45, 2.75) is 13.1 Å². The molecule has 0 atom stereocenters. The molecule has 1 aromatic heterocycles. The van der Waals surface area contributed by atoms with Crippen molar-refractivity contribution in [1.82, 2.24) is 9.88 Å². The van der Waals surface area contributed by atoms with E-state index in [9.17, 15) is 4.79 Å². The Morgan fingerprint density at radius 3 is 2.89 bits per heavy atom. The SMILES string of the molecule is CNCc1cccn1CC(=O)Nc1cccc(Br)c1. The van der Waals surface area contributed by atoms with Crippen molar-refractivity contribution < 1.29 is 4.79 Å². The van der Waals surface area contributed by atoms with Crippen LogP contribution in [-0.2, 0) is 17.9 Å².